The summed E-state index contributed by atoms with van der Waals surface area (Å²) in [6.45, 7) is 6.69. The Kier molecular flexibility index (Phi) is 6.17. The minimum atomic E-state index is -0.270. The maximum absolute atomic E-state index is 12.8. The van der Waals surface area contributed by atoms with Crippen molar-refractivity contribution in [1.82, 2.24) is 19.8 Å². The fourth-order valence-corrected chi connectivity index (χ4v) is 3.37. The number of benzene rings is 1. The monoisotopic (exact) mass is 365 g/mol. The van der Waals surface area contributed by atoms with Gasteiger partial charge in [0, 0.05) is 12.1 Å². The van der Waals surface area contributed by atoms with Crippen LogP contribution in [0.1, 0.15) is 26.3 Å². The van der Waals surface area contributed by atoms with E-state index in [1.807, 2.05) is 62.3 Å². The third-order valence-electron chi connectivity index (χ3n) is 3.43. The number of nitrogens with zero attached hydrogens (tertiary/aromatic N) is 4. The van der Waals surface area contributed by atoms with E-state index in [2.05, 4.69) is 10.2 Å². The first kappa shape index (κ1) is 18.7. The lowest BCUT2D eigenvalue weighted by molar-refractivity contribution is -0.133. The molecule has 0 bridgehead atoms. The van der Waals surface area contributed by atoms with Gasteiger partial charge < -0.3 is 10.7 Å². The Hall–Kier alpha value is -1.67. The van der Waals surface area contributed by atoms with Crippen LogP contribution in [-0.2, 0) is 11.3 Å². The maximum Gasteiger partial charge on any atom is 0.233 e. The number of hydrogen-bond donors (Lipinski definition) is 1. The van der Waals surface area contributed by atoms with Crippen molar-refractivity contribution in [2.75, 3.05) is 17.9 Å². The summed E-state index contributed by atoms with van der Waals surface area (Å²) in [5.41, 5.74) is 0.839. The standard InChI is InChI=1S/C16H23N5OS2/c1-16(2,3)20(10-12-8-6-5-7-9-12)13(22)11-24-15-19-18-14(23-4)21(15)17/h5-9H,10-11,17H2,1-4H3. The summed E-state index contributed by atoms with van der Waals surface area (Å²) in [5, 5.41) is 9.17. The van der Waals surface area contributed by atoms with Gasteiger partial charge in [0.25, 0.3) is 0 Å². The van der Waals surface area contributed by atoms with Crippen molar-refractivity contribution < 1.29 is 4.79 Å². The summed E-state index contributed by atoms with van der Waals surface area (Å²) in [4.78, 5) is 14.6. The second kappa shape index (κ2) is 7.94. The minimum absolute atomic E-state index is 0.0463. The Bertz CT molecular complexity index is 682. The summed E-state index contributed by atoms with van der Waals surface area (Å²) >= 11 is 2.72. The average molecular weight is 366 g/mol. The van der Waals surface area contributed by atoms with Crippen LogP contribution in [-0.4, -0.2) is 43.2 Å². The number of amides is 1. The summed E-state index contributed by atoms with van der Waals surface area (Å²) in [6.07, 6.45) is 1.88. The zero-order valence-electron chi connectivity index (χ0n) is 14.4. The van der Waals surface area contributed by atoms with E-state index in [-0.39, 0.29) is 17.2 Å². The van der Waals surface area contributed by atoms with Gasteiger partial charge in [-0.2, -0.15) is 0 Å². The van der Waals surface area contributed by atoms with Crippen molar-refractivity contribution in [2.24, 2.45) is 0 Å². The molecule has 0 saturated heterocycles. The molecule has 0 unspecified atom stereocenters. The summed E-state index contributed by atoms with van der Waals surface area (Å²) < 4.78 is 1.42. The number of carbonyl (C=O) groups excluding carboxylic acids is 1. The van der Waals surface area contributed by atoms with Crippen LogP contribution in [0.4, 0.5) is 0 Å². The molecule has 1 aromatic carbocycles. The lowest BCUT2D eigenvalue weighted by Crippen LogP contribution is -2.46. The number of nitrogens with two attached hydrogens (primary N) is 1. The van der Waals surface area contributed by atoms with Gasteiger partial charge in [0.2, 0.25) is 16.2 Å². The van der Waals surface area contributed by atoms with Gasteiger partial charge in [-0.1, -0.05) is 53.9 Å². The number of aromatic nitrogens is 3. The molecule has 0 saturated carbocycles. The fraction of sp³-hybridized carbons (Fsp3) is 0.438. The van der Waals surface area contributed by atoms with E-state index >= 15 is 0 Å². The summed E-state index contributed by atoms with van der Waals surface area (Å²) in [5.74, 6) is 6.23. The van der Waals surface area contributed by atoms with Gasteiger partial charge in [-0.15, -0.1) is 10.2 Å². The molecule has 2 N–H and O–H groups in total. The predicted octanol–water partition coefficient (Wildman–Crippen LogP) is 2.63. The van der Waals surface area contributed by atoms with Crippen LogP contribution in [0.15, 0.2) is 40.6 Å². The molecule has 0 spiro atoms. The molecule has 0 radical (unpaired) electrons. The molecule has 0 aliphatic heterocycles. The van der Waals surface area contributed by atoms with Gasteiger partial charge in [0.05, 0.1) is 5.75 Å². The van der Waals surface area contributed by atoms with Crippen LogP contribution < -0.4 is 5.84 Å². The molecule has 8 heteroatoms. The van der Waals surface area contributed by atoms with Gasteiger partial charge in [-0.25, -0.2) is 4.68 Å². The first-order chi connectivity index (χ1) is 11.3. The number of thioether (sulfide) groups is 2. The smallest absolute Gasteiger partial charge is 0.233 e. The Morgan fingerprint density at radius 2 is 1.83 bits per heavy atom. The second-order valence-electron chi connectivity index (χ2n) is 6.26. The molecule has 6 nitrogen and oxygen atoms in total. The van der Waals surface area contributed by atoms with E-state index < -0.39 is 0 Å². The van der Waals surface area contributed by atoms with Crippen LogP contribution in [0.3, 0.4) is 0 Å². The highest BCUT2D eigenvalue weighted by atomic mass is 32.2. The highest BCUT2D eigenvalue weighted by molar-refractivity contribution is 8.00. The van der Waals surface area contributed by atoms with Crippen molar-refractivity contribution in [3.63, 3.8) is 0 Å². The molecule has 0 aliphatic carbocycles. The molecular weight excluding hydrogens is 342 g/mol. The highest BCUT2D eigenvalue weighted by Crippen LogP contribution is 2.23. The van der Waals surface area contributed by atoms with Crippen LogP contribution in [0.25, 0.3) is 0 Å². The number of hydrogen-bond acceptors (Lipinski definition) is 6. The maximum atomic E-state index is 12.8. The zero-order chi connectivity index (χ0) is 17.7. The minimum Gasteiger partial charge on any atom is -0.335 e. The Balaban J connectivity index is 2.06. The Labute approximate surface area is 151 Å². The van der Waals surface area contributed by atoms with Crippen LogP contribution in [0.5, 0.6) is 0 Å². The third-order valence-corrected chi connectivity index (χ3v) is 5.01. The molecule has 24 heavy (non-hydrogen) atoms. The van der Waals surface area contributed by atoms with Crippen LogP contribution in [0.2, 0.25) is 0 Å². The molecule has 0 fully saturated rings. The van der Waals surface area contributed by atoms with E-state index in [1.165, 1.54) is 28.2 Å². The SMILES string of the molecule is CSc1nnc(SCC(=O)N(Cc2ccccc2)C(C)(C)C)n1N. The predicted molar refractivity (Wildman–Crippen MR) is 99.4 cm³/mol. The van der Waals surface area contributed by atoms with E-state index in [0.29, 0.717) is 16.9 Å². The van der Waals surface area contributed by atoms with Gasteiger partial charge in [-0.3, -0.25) is 4.79 Å². The molecule has 0 atom stereocenters. The molecular formula is C16H23N5OS2. The molecule has 2 rings (SSSR count). The van der Waals surface area contributed by atoms with Crippen molar-refractivity contribution in [1.29, 1.82) is 0 Å². The van der Waals surface area contributed by atoms with Crippen LogP contribution >= 0.6 is 23.5 Å². The van der Waals surface area contributed by atoms with Crippen LogP contribution in [0, 0.1) is 0 Å². The van der Waals surface area contributed by atoms with E-state index in [9.17, 15) is 4.79 Å². The molecule has 1 aromatic heterocycles. The number of rotatable bonds is 6. The molecule has 1 heterocycles. The van der Waals surface area contributed by atoms with Gasteiger partial charge in [0.15, 0.2) is 0 Å². The lowest BCUT2D eigenvalue weighted by atomic mass is 10.0. The lowest BCUT2D eigenvalue weighted by Gasteiger charge is -2.36. The van der Waals surface area contributed by atoms with Gasteiger partial charge in [0.1, 0.15) is 0 Å². The Morgan fingerprint density at radius 3 is 2.38 bits per heavy atom. The number of carbonyl (C=O) groups is 1. The zero-order valence-corrected chi connectivity index (χ0v) is 16.0. The number of nitrogen functional groups attached to an aromatic ring is 1. The normalized spacial score (nSPS) is 11.5. The first-order valence-corrected chi connectivity index (χ1v) is 9.75. The van der Waals surface area contributed by atoms with Gasteiger partial charge >= 0.3 is 0 Å². The van der Waals surface area contributed by atoms with Crippen molar-refractivity contribution in [3.05, 3.63) is 35.9 Å². The molecule has 0 aliphatic rings. The molecule has 130 valence electrons. The molecule has 1 amide bonds. The van der Waals surface area contributed by atoms with Gasteiger partial charge in [-0.05, 0) is 32.6 Å². The molecule has 2 aromatic rings. The summed E-state index contributed by atoms with van der Waals surface area (Å²) in [6, 6.07) is 9.99. The Morgan fingerprint density at radius 1 is 1.21 bits per heavy atom. The quantitative estimate of drug-likeness (QED) is 0.626. The van der Waals surface area contributed by atoms with E-state index in [0.717, 1.165) is 5.56 Å². The van der Waals surface area contributed by atoms with E-state index in [1.54, 1.807) is 0 Å². The van der Waals surface area contributed by atoms with Crippen molar-refractivity contribution >= 4 is 29.4 Å². The second-order valence-corrected chi connectivity index (χ2v) is 7.98. The third kappa shape index (κ3) is 4.67. The van der Waals surface area contributed by atoms with Crippen molar-refractivity contribution in [3.8, 4) is 0 Å². The van der Waals surface area contributed by atoms with Crippen molar-refractivity contribution in [2.45, 2.75) is 43.2 Å². The fourth-order valence-electron chi connectivity index (χ4n) is 2.17. The summed E-state index contributed by atoms with van der Waals surface area (Å²) in [7, 11) is 0. The topological polar surface area (TPSA) is 77.0 Å². The first-order valence-electron chi connectivity index (χ1n) is 7.54. The van der Waals surface area contributed by atoms with E-state index in [4.69, 9.17) is 5.84 Å². The average Bonchev–Trinajstić information content (AvgIpc) is 2.90. The highest BCUT2D eigenvalue weighted by Gasteiger charge is 2.27. The largest absolute Gasteiger partial charge is 0.335 e.